The SMILES string of the molecule is CNC(=O)c1cc(-c2ccc(F)cc2F)ccc1O. The van der Waals surface area contributed by atoms with Gasteiger partial charge >= 0.3 is 0 Å². The number of amides is 1. The maximum Gasteiger partial charge on any atom is 0.254 e. The molecule has 1 amide bonds. The van der Waals surface area contributed by atoms with Crippen LogP contribution in [0.15, 0.2) is 36.4 Å². The number of carbonyl (C=O) groups excluding carboxylic acids is 1. The molecule has 0 unspecified atom stereocenters. The molecule has 0 heterocycles. The Morgan fingerprint density at radius 3 is 2.53 bits per heavy atom. The van der Waals surface area contributed by atoms with Gasteiger partial charge in [0.05, 0.1) is 5.56 Å². The fourth-order valence-electron chi connectivity index (χ4n) is 1.74. The lowest BCUT2D eigenvalue weighted by molar-refractivity contribution is 0.0960. The summed E-state index contributed by atoms with van der Waals surface area (Å²) in [6.45, 7) is 0. The van der Waals surface area contributed by atoms with Crippen molar-refractivity contribution in [2.75, 3.05) is 7.05 Å². The first-order valence-electron chi connectivity index (χ1n) is 5.53. The topological polar surface area (TPSA) is 49.3 Å². The smallest absolute Gasteiger partial charge is 0.254 e. The van der Waals surface area contributed by atoms with E-state index in [1.807, 2.05) is 0 Å². The molecule has 2 aromatic carbocycles. The van der Waals surface area contributed by atoms with Crippen LogP contribution < -0.4 is 5.32 Å². The van der Waals surface area contributed by atoms with E-state index in [1.54, 1.807) is 0 Å². The van der Waals surface area contributed by atoms with E-state index in [-0.39, 0.29) is 16.9 Å². The molecule has 3 nitrogen and oxygen atoms in total. The van der Waals surface area contributed by atoms with Crippen LogP contribution in [0.25, 0.3) is 11.1 Å². The quantitative estimate of drug-likeness (QED) is 0.875. The van der Waals surface area contributed by atoms with Crippen LogP contribution in [0.3, 0.4) is 0 Å². The second kappa shape index (κ2) is 5.06. The fourth-order valence-corrected chi connectivity index (χ4v) is 1.74. The van der Waals surface area contributed by atoms with Crippen LogP contribution >= 0.6 is 0 Å². The van der Waals surface area contributed by atoms with Crippen molar-refractivity contribution >= 4 is 5.91 Å². The summed E-state index contributed by atoms with van der Waals surface area (Å²) in [6.07, 6.45) is 0. The molecule has 0 fully saturated rings. The molecular weight excluding hydrogens is 252 g/mol. The van der Waals surface area contributed by atoms with Crippen LogP contribution in [-0.4, -0.2) is 18.1 Å². The Balaban J connectivity index is 2.54. The molecule has 2 N–H and O–H groups in total. The Bertz CT molecular complexity index is 641. The standard InChI is InChI=1S/C14H11F2NO2/c1-17-14(19)11-6-8(2-5-13(11)18)10-4-3-9(15)7-12(10)16/h2-7,18H,1H3,(H,17,19). The van der Waals surface area contributed by atoms with Crippen molar-refractivity contribution in [1.82, 2.24) is 5.32 Å². The highest BCUT2D eigenvalue weighted by molar-refractivity contribution is 5.97. The summed E-state index contributed by atoms with van der Waals surface area (Å²) >= 11 is 0. The Morgan fingerprint density at radius 1 is 1.16 bits per heavy atom. The monoisotopic (exact) mass is 263 g/mol. The highest BCUT2D eigenvalue weighted by Crippen LogP contribution is 2.28. The van der Waals surface area contributed by atoms with Crippen LogP contribution in [0, 0.1) is 11.6 Å². The molecule has 0 aromatic heterocycles. The van der Waals surface area contributed by atoms with Gasteiger partial charge in [0.25, 0.3) is 5.91 Å². The van der Waals surface area contributed by atoms with Crippen LogP contribution in [0.2, 0.25) is 0 Å². The number of phenolic OH excluding ortho intramolecular Hbond substituents is 1. The maximum atomic E-state index is 13.6. The van der Waals surface area contributed by atoms with Gasteiger partial charge in [0.15, 0.2) is 0 Å². The molecule has 0 spiro atoms. The third-order valence-electron chi connectivity index (χ3n) is 2.71. The average molecular weight is 263 g/mol. The number of nitrogens with one attached hydrogen (secondary N) is 1. The third kappa shape index (κ3) is 2.54. The molecule has 0 radical (unpaired) electrons. The molecule has 0 bridgehead atoms. The summed E-state index contributed by atoms with van der Waals surface area (Å²) in [6, 6.07) is 7.28. The van der Waals surface area contributed by atoms with E-state index in [4.69, 9.17) is 0 Å². The first-order valence-corrected chi connectivity index (χ1v) is 5.53. The Morgan fingerprint density at radius 2 is 1.89 bits per heavy atom. The minimum absolute atomic E-state index is 0.0312. The molecule has 0 aliphatic rings. The molecule has 2 aromatic rings. The first-order chi connectivity index (χ1) is 9.02. The van der Waals surface area contributed by atoms with E-state index < -0.39 is 17.5 Å². The number of carbonyl (C=O) groups is 1. The van der Waals surface area contributed by atoms with E-state index in [9.17, 15) is 18.7 Å². The van der Waals surface area contributed by atoms with Crippen LogP contribution in [0.5, 0.6) is 5.75 Å². The summed E-state index contributed by atoms with van der Waals surface area (Å²) in [7, 11) is 1.42. The van der Waals surface area contributed by atoms with Crippen molar-refractivity contribution in [3.05, 3.63) is 53.6 Å². The Labute approximate surface area is 108 Å². The van der Waals surface area contributed by atoms with Gasteiger partial charge in [0, 0.05) is 18.7 Å². The number of halogens is 2. The molecule has 5 heteroatoms. The average Bonchev–Trinajstić information content (AvgIpc) is 2.39. The van der Waals surface area contributed by atoms with Crippen molar-refractivity contribution in [1.29, 1.82) is 0 Å². The summed E-state index contributed by atoms with van der Waals surface area (Å²) in [5.74, 6) is -2.09. The minimum Gasteiger partial charge on any atom is -0.507 e. The number of hydrogen-bond acceptors (Lipinski definition) is 2. The zero-order valence-corrected chi connectivity index (χ0v) is 10.1. The van der Waals surface area contributed by atoms with Gasteiger partial charge in [0.1, 0.15) is 17.4 Å². The van der Waals surface area contributed by atoms with Crippen LogP contribution in [-0.2, 0) is 0 Å². The normalized spacial score (nSPS) is 10.3. The van der Waals surface area contributed by atoms with Crippen molar-refractivity contribution in [2.45, 2.75) is 0 Å². The summed E-state index contributed by atoms with van der Waals surface area (Å²) in [5.41, 5.74) is 0.573. The summed E-state index contributed by atoms with van der Waals surface area (Å²) < 4.78 is 26.5. The lowest BCUT2D eigenvalue weighted by Gasteiger charge is -2.08. The molecule has 0 atom stereocenters. The van der Waals surface area contributed by atoms with Crippen molar-refractivity contribution in [3.63, 3.8) is 0 Å². The predicted molar refractivity (Wildman–Crippen MR) is 66.8 cm³/mol. The van der Waals surface area contributed by atoms with Crippen molar-refractivity contribution in [2.24, 2.45) is 0 Å². The number of hydrogen-bond donors (Lipinski definition) is 2. The van der Waals surface area contributed by atoms with Gasteiger partial charge in [0.2, 0.25) is 0 Å². The third-order valence-corrected chi connectivity index (χ3v) is 2.71. The van der Waals surface area contributed by atoms with Gasteiger partial charge in [-0.25, -0.2) is 8.78 Å². The van der Waals surface area contributed by atoms with Gasteiger partial charge < -0.3 is 10.4 Å². The molecule has 0 saturated carbocycles. The summed E-state index contributed by atoms with van der Waals surface area (Å²) in [4.78, 5) is 11.5. The predicted octanol–water partition coefficient (Wildman–Crippen LogP) is 2.70. The fraction of sp³-hybridized carbons (Fsp3) is 0.0714. The van der Waals surface area contributed by atoms with Gasteiger partial charge in [-0.2, -0.15) is 0 Å². The van der Waals surface area contributed by atoms with Crippen LogP contribution in [0.4, 0.5) is 8.78 Å². The Kier molecular flexibility index (Phi) is 3.46. The molecule has 19 heavy (non-hydrogen) atoms. The first kappa shape index (κ1) is 13.0. The van der Waals surface area contributed by atoms with E-state index in [0.29, 0.717) is 5.56 Å². The van der Waals surface area contributed by atoms with E-state index in [2.05, 4.69) is 5.32 Å². The lowest BCUT2D eigenvalue weighted by Crippen LogP contribution is -2.17. The molecule has 2 rings (SSSR count). The molecule has 0 saturated heterocycles. The van der Waals surface area contributed by atoms with Crippen LogP contribution in [0.1, 0.15) is 10.4 Å². The molecule has 98 valence electrons. The van der Waals surface area contributed by atoms with Crippen molar-refractivity contribution in [3.8, 4) is 16.9 Å². The van der Waals surface area contributed by atoms with E-state index in [1.165, 1.54) is 31.3 Å². The number of rotatable bonds is 2. The Hall–Kier alpha value is -2.43. The molecule has 0 aliphatic carbocycles. The van der Waals surface area contributed by atoms with Gasteiger partial charge in [-0.1, -0.05) is 6.07 Å². The van der Waals surface area contributed by atoms with Gasteiger partial charge in [-0.15, -0.1) is 0 Å². The maximum absolute atomic E-state index is 13.6. The number of phenols is 1. The van der Waals surface area contributed by atoms with E-state index in [0.717, 1.165) is 12.1 Å². The van der Waals surface area contributed by atoms with Gasteiger partial charge in [-0.05, 0) is 29.8 Å². The second-order valence-electron chi connectivity index (χ2n) is 3.94. The zero-order chi connectivity index (χ0) is 14.0. The second-order valence-corrected chi connectivity index (χ2v) is 3.94. The number of benzene rings is 2. The molecule has 0 aliphatic heterocycles. The molecular formula is C14H11F2NO2. The lowest BCUT2D eigenvalue weighted by atomic mass is 10.0. The highest BCUT2D eigenvalue weighted by Gasteiger charge is 2.13. The highest BCUT2D eigenvalue weighted by atomic mass is 19.1. The van der Waals surface area contributed by atoms with Gasteiger partial charge in [-0.3, -0.25) is 4.79 Å². The summed E-state index contributed by atoms with van der Waals surface area (Å²) in [5, 5.41) is 12.0. The van der Waals surface area contributed by atoms with E-state index >= 15 is 0 Å². The zero-order valence-electron chi connectivity index (χ0n) is 10.1. The largest absolute Gasteiger partial charge is 0.507 e. The number of aromatic hydroxyl groups is 1. The van der Waals surface area contributed by atoms with Crippen molar-refractivity contribution < 1.29 is 18.7 Å². The minimum atomic E-state index is -0.728.